The molecule has 3 rings (SSSR count). The maximum absolute atomic E-state index is 12.0. The predicted octanol–water partition coefficient (Wildman–Crippen LogP) is 3.13. The quantitative estimate of drug-likeness (QED) is 0.702. The van der Waals surface area contributed by atoms with E-state index < -0.39 is 0 Å². The fourth-order valence-corrected chi connectivity index (χ4v) is 3.56. The summed E-state index contributed by atoms with van der Waals surface area (Å²) in [5.41, 5.74) is 2.33. The van der Waals surface area contributed by atoms with Crippen molar-refractivity contribution in [3.8, 4) is 0 Å². The molecule has 0 heterocycles. The van der Waals surface area contributed by atoms with Crippen LogP contribution in [-0.4, -0.2) is 25.0 Å². The Kier molecular flexibility index (Phi) is 6.53. The third-order valence-electron chi connectivity index (χ3n) is 5.60. The number of urea groups is 1. The Morgan fingerprint density at radius 1 is 0.846 bits per heavy atom. The van der Waals surface area contributed by atoms with Gasteiger partial charge in [-0.2, -0.15) is 0 Å². The normalized spacial score (nSPS) is 22.5. The summed E-state index contributed by atoms with van der Waals surface area (Å²) in [5.74, 6) is 1.70. The first kappa shape index (κ1) is 18.7. The molecule has 0 atom stereocenters. The summed E-state index contributed by atoms with van der Waals surface area (Å²) < 4.78 is 0. The Morgan fingerprint density at radius 2 is 1.42 bits per heavy atom. The molecule has 0 aromatic heterocycles. The number of amides is 3. The second-order valence-electron chi connectivity index (χ2n) is 7.96. The Labute approximate surface area is 156 Å². The van der Waals surface area contributed by atoms with Gasteiger partial charge in [0, 0.05) is 25.6 Å². The Hall–Kier alpha value is -2.04. The molecule has 2 aliphatic carbocycles. The molecule has 0 aliphatic heterocycles. The van der Waals surface area contributed by atoms with Gasteiger partial charge in [0.25, 0.3) is 0 Å². The number of benzene rings is 1. The number of hydrogen-bond acceptors (Lipinski definition) is 2. The minimum Gasteiger partial charge on any atom is -0.356 e. The molecule has 5 nitrogen and oxygen atoms in total. The summed E-state index contributed by atoms with van der Waals surface area (Å²) >= 11 is 0. The summed E-state index contributed by atoms with van der Waals surface area (Å²) in [6.45, 7) is 4.17. The van der Waals surface area contributed by atoms with Gasteiger partial charge in [-0.3, -0.25) is 4.79 Å². The first-order valence-corrected chi connectivity index (χ1v) is 9.95. The van der Waals surface area contributed by atoms with E-state index in [0.29, 0.717) is 24.3 Å². The van der Waals surface area contributed by atoms with E-state index in [0.717, 1.165) is 57.2 Å². The molecular formula is C21H31N3O2. The van der Waals surface area contributed by atoms with Gasteiger partial charge in [0.15, 0.2) is 0 Å². The molecule has 0 radical (unpaired) electrons. The van der Waals surface area contributed by atoms with Crippen LogP contribution in [0.2, 0.25) is 0 Å². The number of nitrogens with one attached hydrogen (secondary N) is 3. The van der Waals surface area contributed by atoms with Crippen LogP contribution in [0.25, 0.3) is 0 Å². The first-order chi connectivity index (χ1) is 12.6. The van der Waals surface area contributed by atoms with Crippen LogP contribution in [0.1, 0.15) is 49.7 Å². The van der Waals surface area contributed by atoms with Crippen LogP contribution in [0.3, 0.4) is 0 Å². The summed E-state index contributed by atoms with van der Waals surface area (Å²) in [6, 6.07) is 8.10. The van der Waals surface area contributed by atoms with Gasteiger partial charge in [0.2, 0.25) is 5.91 Å². The number of carbonyl (C=O) groups is 2. The van der Waals surface area contributed by atoms with E-state index >= 15 is 0 Å². The molecule has 0 bridgehead atoms. The molecule has 5 heteroatoms. The average molecular weight is 357 g/mol. The van der Waals surface area contributed by atoms with Crippen LogP contribution in [-0.2, 0) is 11.3 Å². The summed E-state index contributed by atoms with van der Waals surface area (Å²) in [6.07, 6.45) is 6.67. The van der Waals surface area contributed by atoms with Crippen molar-refractivity contribution >= 4 is 11.9 Å². The summed E-state index contributed by atoms with van der Waals surface area (Å²) in [5, 5.41) is 9.02. The first-order valence-electron chi connectivity index (χ1n) is 9.95. The van der Waals surface area contributed by atoms with Gasteiger partial charge in [0.1, 0.15) is 0 Å². The molecule has 2 saturated carbocycles. The molecule has 142 valence electrons. The molecule has 1 aromatic rings. The highest BCUT2D eigenvalue weighted by Crippen LogP contribution is 2.30. The van der Waals surface area contributed by atoms with Gasteiger partial charge in [-0.1, -0.05) is 29.8 Å². The monoisotopic (exact) mass is 357 g/mol. The molecule has 2 fully saturated rings. The average Bonchev–Trinajstić information content (AvgIpc) is 3.50. The maximum Gasteiger partial charge on any atom is 0.315 e. The smallest absolute Gasteiger partial charge is 0.315 e. The third kappa shape index (κ3) is 6.04. The largest absolute Gasteiger partial charge is 0.356 e. The van der Waals surface area contributed by atoms with Crippen LogP contribution in [0, 0.1) is 24.7 Å². The van der Waals surface area contributed by atoms with E-state index in [-0.39, 0.29) is 11.9 Å². The van der Waals surface area contributed by atoms with Crippen LogP contribution in [0.4, 0.5) is 4.79 Å². The van der Waals surface area contributed by atoms with Gasteiger partial charge in [0.05, 0.1) is 0 Å². The number of aryl methyl sites for hydroxylation is 1. The molecule has 3 N–H and O–H groups in total. The topological polar surface area (TPSA) is 70.2 Å². The molecule has 0 spiro atoms. The van der Waals surface area contributed by atoms with E-state index in [1.807, 2.05) is 12.1 Å². The third-order valence-corrected chi connectivity index (χ3v) is 5.60. The van der Waals surface area contributed by atoms with Crippen molar-refractivity contribution in [2.75, 3.05) is 13.1 Å². The molecule has 0 unspecified atom stereocenters. The Morgan fingerprint density at radius 3 is 2.00 bits per heavy atom. The predicted molar refractivity (Wildman–Crippen MR) is 103 cm³/mol. The van der Waals surface area contributed by atoms with Crippen molar-refractivity contribution in [3.63, 3.8) is 0 Å². The lowest BCUT2D eigenvalue weighted by molar-refractivity contribution is -0.122. The zero-order valence-electron chi connectivity index (χ0n) is 15.7. The van der Waals surface area contributed by atoms with Crippen LogP contribution in [0.15, 0.2) is 24.3 Å². The molecule has 0 saturated heterocycles. The summed E-state index contributed by atoms with van der Waals surface area (Å²) in [7, 11) is 0. The van der Waals surface area contributed by atoms with E-state index in [9.17, 15) is 9.59 Å². The van der Waals surface area contributed by atoms with E-state index in [4.69, 9.17) is 0 Å². The highest BCUT2D eigenvalue weighted by molar-refractivity contribution is 5.80. The maximum atomic E-state index is 12.0. The standard InChI is InChI=1S/C21H31N3O2/c1-15-2-4-16(5-3-15)13-23-21(26)24-14-18-8-6-17(7-9-18)12-22-20(25)19-10-11-19/h2-5,17-19H,6-14H2,1H3,(H,22,25)(H2,23,24,26). The second-order valence-corrected chi connectivity index (χ2v) is 7.96. The molecule has 1 aromatic carbocycles. The van der Waals surface area contributed by atoms with Crippen LogP contribution < -0.4 is 16.0 Å². The van der Waals surface area contributed by atoms with E-state index in [1.165, 1.54) is 5.56 Å². The van der Waals surface area contributed by atoms with Crippen molar-refractivity contribution in [1.29, 1.82) is 0 Å². The number of hydrogen-bond donors (Lipinski definition) is 3. The number of carbonyl (C=O) groups excluding carboxylic acids is 2. The lowest BCUT2D eigenvalue weighted by Crippen LogP contribution is -2.39. The minimum atomic E-state index is -0.0932. The molecule has 3 amide bonds. The number of rotatable bonds is 7. The van der Waals surface area contributed by atoms with E-state index in [2.05, 4.69) is 35.0 Å². The van der Waals surface area contributed by atoms with Crippen molar-refractivity contribution in [2.45, 2.75) is 52.0 Å². The van der Waals surface area contributed by atoms with Gasteiger partial charge in [-0.25, -0.2) is 4.79 Å². The lowest BCUT2D eigenvalue weighted by Gasteiger charge is -2.28. The van der Waals surface area contributed by atoms with Crippen molar-refractivity contribution < 1.29 is 9.59 Å². The second kappa shape index (κ2) is 9.06. The Balaban J connectivity index is 1.26. The molecule has 26 heavy (non-hydrogen) atoms. The highest BCUT2D eigenvalue weighted by atomic mass is 16.2. The van der Waals surface area contributed by atoms with Crippen LogP contribution >= 0.6 is 0 Å². The van der Waals surface area contributed by atoms with E-state index in [1.54, 1.807) is 0 Å². The summed E-state index contributed by atoms with van der Waals surface area (Å²) in [4.78, 5) is 23.7. The van der Waals surface area contributed by atoms with Crippen molar-refractivity contribution in [3.05, 3.63) is 35.4 Å². The highest BCUT2D eigenvalue weighted by Gasteiger charge is 2.30. The van der Waals surface area contributed by atoms with Gasteiger partial charge < -0.3 is 16.0 Å². The molecular weight excluding hydrogens is 326 g/mol. The zero-order valence-corrected chi connectivity index (χ0v) is 15.7. The Bertz CT molecular complexity index is 602. The fraction of sp³-hybridized carbons (Fsp3) is 0.619. The molecule has 2 aliphatic rings. The van der Waals surface area contributed by atoms with Gasteiger partial charge >= 0.3 is 6.03 Å². The van der Waals surface area contributed by atoms with Crippen LogP contribution in [0.5, 0.6) is 0 Å². The fourth-order valence-electron chi connectivity index (χ4n) is 3.56. The van der Waals surface area contributed by atoms with Crippen molar-refractivity contribution in [1.82, 2.24) is 16.0 Å². The lowest BCUT2D eigenvalue weighted by atomic mass is 9.82. The van der Waals surface area contributed by atoms with Crippen molar-refractivity contribution in [2.24, 2.45) is 17.8 Å². The van der Waals surface area contributed by atoms with Gasteiger partial charge in [-0.15, -0.1) is 0 Å². The minimum absolute atomic E-state index is 0.0932. The SMILES string of the molecule is Cc1ccc(CNC(=O)NCC2CCC(CNC(=O)C3CC3)CC2)cc1. The zero-order chi connectivity index (χ0) is 18.4. The van der Waals surface area contributed by atoms with Gasteiger partial charge in [-0.05, 0) is 62.8 Å².